The number of amides is 1. The summed E-state index contributed by atoms with van der Waals surface area (Å²) in [4.78, 5) is 12.4. The fourth-order valence-electron chi connectivity index (χ4n) is 2.15. The van der Waals surface area contributed by atoms with Crippen molar-refractivity contribution in [1.82, 2.24) is 5.32 Å². The topological polar surface area (TPSA) is 93.8 Å². The van der Waals surface area contributed by atoms with Crippen molar-refractivity contribution in [3.63, 3.8) is 0 Å². The minimum absolute atomic E-state index is 0.115. The molecular formula is C14H20N2O4. The van der Waals surface area contributed by atoms with Gasteiger partial charge in [0.2, 0.25) is 6.79 Å². The van der Waals surface area contributed by atoms with E-state index in [1.807, 2.05) is 13.8 Å². The van der Waals surface area contributed by atoms with Crippen molar-refractivity contribution in [2.45, 2.75) is 32.2 Å². The summed E-state index contributed by atoms with van der Waals surface area (Å²) in [5.41, 5.74) is 5.91. The summed E-state index contributed by atoms with van der Waals surface area (Å²) in [5, 5.41) is 12.4. The molecule has 2 rings (SSSR count). The average Bonchev–Trinajstić information content (AvgIpc) is 2.91. The second kappa shape index (κ2) is 5.58. The molecule has 0 radical (unpaired) electrons. The molecule has 6 heteroatoms. The van der Waals surface area contributed by atoms with E-state index in [4.69, 9.17) is 15.2 Å². The fourth-order valence-corrected chi connectivity index (χ4v) is 2.15. The van der Waals surface area contributed by atoms with Crippen LogP contribution in [0.25, 0.3) is 0 Å². The first-order chi connectivity index (χ1) is 9.55. The zero-order chi connectivity index (χ0) is 14.8. The van der Waals surface area contributed by atoms with E-state index in [1.54, 1.807) is 12.1 Å². The highest BCUT2D eigenvalue weighted by molar-refractivity contribution is 6.00. The minimum Gasteiger partial charge on any atom is -0.454 e. The van der Waals surface area contributed by atoms with Crippen LogP contribution in [0.4, 0.5) is 5.69 Å². The van der Waals surface area contributed by atoms with Crippen molar-refractivity contribution in [1.29, 1.82) is 0 Å². The third kappa shape index (κ3) is 2.51. The molecule has 0 aromatic heterocycles. The van der Waals surface area contributed by atoms with Crippen LogP contribution in [0, 0.1) is 0 Å². The maximum absolute atomic E-state index is 12.4. The standard InChI is InChI=1S/C14H20N2O4/c1-3-14(4-2,7-17)16-13(18)9-5-11-12(6-10(9)15)20-8-19-11/h5-6,17H,3-4,7-8,15H2,1-2H3,(H,16,18). The summed E-state index contributed by atoms with van der Waals surface area (Å²) in [5.74, 6) is 0.726. The Kier molecular flexibility index (Phi) is 4.04. The summed E-state index contributed by atoms with van der Waals surface area (Å²) < 4.78 is 10.5. The Morgan fingerprint density at radius 1 is 1.35 bits per heavy atom. The Hall–Kier alpha value is -1.95. The molecule has 0 spiro atoms. The molecule has 0 saturated heterocycles. The van der Waals surface area contributed by atoms with Gasteiger partial charge in [-0.05, 0) is 18.9 Å². The van der Waals surface area contributed by atoms with E-state index >= 15 is 0 Å². The molecule has 1 aliphatic heterocycles. The van der Waals surface area contributed by atoms with Crippen LogP contribution in [-0.4, -0.2) is 30.0 Å². The lowest BCUT2D eigenvalue weighted by Crippen LogP contribution is -2.50. The number of carbonyl (C=O) groups is 1. The summed E-state index contributed by atoms with van der Waals surface area (Å²) in [7, 11) is 0. The number of benzene rings is 1. The monoisotopic (exact) mass is 280 g/mol. The lowest BCUT2D eigenvalue weighted by molar-refractivity contribution is 0.0818. The summed E-state index contributed by atoms with van der Waals surface area (Å²) in [6.07, 6.45) is 1.27. The Morgan fingerprint density at radius 2 is 1.95 bits per heavy atom. The van der Waals surface area contributed by atoms with Crippen LogP contribution in [0.15, 0.2) is 12.1 Å². The number of carbonyl (C=O) groups excluding carboxylic acids is 1. The molecule has 0 atom stereocenters. The number of nitrogens with one attached hydrogen (secondary N) is 1. The molecule has 0 aliphatic carbocycles. The van der Waals surface area contributed by atoms with Gasteiger partial charge in [-0.3, -0.25) is 4.79 Å². The molecule has 6 nitrogen and oxygen atoms in total. The van der Waals surface area contributed by atoms with Gasteiger partial charge in [0, 0.05) is 11.8 Å². The molecule has 1 aromatic rings. The molecule has 1 amide bonds. The van der Waals surface area contributed by atoms with E-state index < -0.39 is 5.54 Å². The Bertz CT molecular complexity index is 504. The zero-order valence-electron chi connectivity index (χ0n) is 11.7. The van der Waals surface area contributed by atoms with E-state index in [1.165, 1.54) is 0 Å². The number of hydrogen-bond donors (Lipinski definition) is 3. The number of nitrogen functional groups attached to an aromatic ring is 1. The largest absolute Gasteiger partial charge is 0.454 e. The smallest absolute Gasteiger partial charge is 0.254 e. The van der Waals surface area contributed by atoms with Crippen LogP contribution in [0.1, 0.15) is 37.0 Å². The van der Waals surface area contributed by atoms with Crippen LogP contribution in [0.2, 0.25) is 0 Å². The predicted molar refractivity (Wildman–Crippen MR) is 74.8 cm³/mol. The molecule has 1 heterocycles. The van der Waals surface area contributed by atoms with Gasteiger partial charge in [-0.1, -0.05) is 13.8 Å². The number of rotatable bonds is 5. The van der Waals surface area contributed by atoms with Gasteiger partial charge >= 0.3 is 0 Å². The molecule has 0 unspecified atom stereocenters. The van der Waals surface area contributed by atoms with Crippen molar-refractivity contribution in [2.24, 2.45) is 0 Å². The van der Waals surface area contributed by atoms with Gasteiger partial charge < -0.3 is 25.6 Å². The van der Waals surface area contributed by atoms with Gasteiger partial charge in [0.25, 0.3) is 5.91 Å². The number of aliphatic hydroxyl groups excluding tert-OH is 1. The lowest BCUT2D eigenvalue weighted by Gasteiger charge is -2.30. The molecule has 0 saturated carbocycles. The first-order valence-corrected chi connectivity index (χ1v) is 6.67. The van der Waals surface area contributed by atoms with Crippen molar-refractivity contribution in [2.75, 3.05) is 19.1 Å². The fraction of sp³-hybridized carbons (Fsp3) is 0.500. The number of aliphatic hydroxyl groups is 1. The first kappa shape index (κ1) is 14.5. The zero-order valence-corrected chi connectivity index (χ0v) is 11.7. The van der Waals surface area contributed by atoms with Gasteiger partial charge in [0.1, 0.15) is 0 Å². The predicted octanol–water partition coefficient (Wildman–Crippen LogP) is 1.28. The molecule has 1 aliphatic rings. The van der Waals surface area contributed by atoms with Gasteiger partial charge in [0.05, 0.1) is 17.7 Å². The third-order valence-electron chi connectivity index (χ3n) is 3.82. The number of hydrogen-bond acceptors (Lipinski definition) is 5. The first-order valence-electron chi connectivity index (χ1n) is 6.67. The molecule has 20 heavy (non-hydrogen) atoms. The Balaban J connectivity index is 2.25. The van der Waals surface area contributed by atoms with Gasteiger partial charge in [0.15, 0.2) is 11.5 Å². The van der Waals surface area contributed by atoms with E-state index in [2.05, 4.69) is 5.32 Å². The minimum atomic E-state index is -0.625. The normalized spacial score (nSPS) is 13.3. The highest BCUT2D eigenvalue weighted by atomic mass is 16.7. The van der Waals surface area contributed by atoms with Gasteiger partial charge in [-0.15, -0.1) is 0 Å². The lowest BCUT2D eigenvalue weighted by atomic mass is 9.93. The van der Waals surface area contributed by atoms with Crippen molar-refractivity contribution >= 4 is 11.6 Å². The molecular weight excluding hydrogens is 260 g/mol. The van der Waals surface area contributed by atoms with E-state index in [9.17, 15) is 9.90 Å². The number of ether oxygens (including phenoxy) is 2. The second-order valence-corrected chi connectivity index (χ2v) is 4.89. The van der Waals surface area contributed by atoms with Crippen LogP contribution in [0.3, 0.4) is 0 Å². The SMILES string of the molecule is CCC(CC)(CO)NC(=O)c1cc2c(cc1N)OCO2. The summed E-state index contributed by atoms with van der Waals surface area (Å²) in [6.45, 7) is 3.85. The van der Waals surface area contributed by atoms with Crippen LogP contribution < -0.4 is 20.5 Å². The second-order valence-electron chi connectivity index (χ2n) is 4.89. The molecule has 1 aromatic carbocycles. The quantitative estimate of drug-likeness (QED) is 0.706. The summed E-state index contributed by atoms with van der Waals surface area (Å²) in [6, 6.07) is 3.15. The molecule has 0 bridgehead atoms. The number of anilines is 1. The highest BCUT2D eigenvalue weighted by Crippen LogP contribution is 2.36. The number of fused-ring (bicyclic) bond motifs is 1. The van der Waals surface area contributed by atoms with Crippen molar-refractivity contribution in [3.05, 3.63) is 17.7 Å². The van der Waals surface area contributed by atoms with Gasteiger partial charge in [-0.2, -0.15) is 0 Å². The molecule has 4 N–H and O–H groups in total. The van der Waals surface area contributed by atoms with E-state index in [0.717, 1.165) is 0 Å². The van der Waals surface area contributed by atoms with Gasteiger partial charge in [-0.25, -0.2) is 0 Å². The van der Waals surface area contributed by atoms with Crippen molar-refractivity contribution in [3.8, 4) is 11.5 Å². The Labute approximate surface area is 117 Å². The number of nitrogens with two attached hydrogens (primary N) is 1. The highest BCUT2D eigenvalue weighted by Gasteiger charge is 2.29. The summed E-state index contributed by atoms with van der Waals surface area (Å²) >= 11 is 0. The maximum atomic E-state index is 12.4. The maximum Gasteiger partial charge on any atom is 0.254 e. The third-order valence-corrected chi connectivity index (χ3v) is 3.82. The Morgan fingerprint density at radius 3 is 2.50 bits per heavy atom. The van der Waals surface area contributed by atoms with E-state index in [-0.39, 0.29) is 19.3 Å². The van der Waals surface area contributed by atoms with E-state index in [0.29, 0.717) is 35.6 Å². The average molecular weight is 280 g/mol. The van der Waals surface area contributed by atoms with Crippen LogP contribution in [-0.2, 0) is 0 Å². The molecule has 0 fully saturated rings. The molecule has 110 valence electrons. The van der Waals surface area contributed by atoms with Crippen molar-refractivity contribution < 1.29 is 19.4 Å². The van der Waals surface area contributed by atoms with Crippen LogP contribution >= 0.6 is 0 Å². The van der Waals surface area contributed by atoms with Crippen LogP contribution in [0.5, 0.6) is 11.5 Å².